The Balaban J connectivity index is 1.63. The molecule has 3 aromatic rings. The average molecular weight is 336 g/mol. The summed E-state index contributed by atoms with van der Waals surface area (Å²) >= 11 is 0. The van der Waals surface area contributed by atoms with Crippen molar-refractivity contribution < 1.29 is 17.9 Å². The number of benzene rings is 1. The fraction of sp³-hybridized carbons (Fsp3) is 0.250. The summed E-state index contributed by atoms with van der Waals surface area (Å²) in [5.41, 5.74) is 1.60. The lowest BCUT2D eigenvalue weighted by Crippen LogP contribution is -2.20. The second kappa shape index (κ2) is 6.48. The van der Waals surface area contributed by atoms with Gasteiger partial charge in [0.05, 0.1) is 6.04 Å². The first kappa shape index (κ1) is 16.3. The van der Waals surface area contributed by atoms with Gasteiger partial charge in [-0.05, 0) is 36.8 Å². The van der Waals surface area contributed by atoms with E-state index >= 15 is 0 Å². The molecule has 0 radical (unpaired) electrons. The Morgan fingerprint density at radius 3 is 2.58 bits per heavy atom. The van der Waals surface area contributed by atoms with Crippen molar-refractivity contribution >= 4 is 5.65 Å². The van der Waals surface area contributed by atoms with Gasteiger partial charge in [-0.25, -0.2) is 0 Å². The van der Waals surface area contributed by atoms with Crippen LogP contribution < -0.4 is 10.1 Å². The molecule has 2 aromatic heterocycles. The van der Waals surface area contributed by atoms with Crippen LogP contribution in [0.3, 0.4) is 0 Å². The van der Waals surface area contributed by atoms with Crippen molar-refractivity contribution in [2.45, 2.75) is 25.9 Å². The molecule has 126 valence electrons. The van der Waals surface area contributed by atoms with E-state index in [0.29, 0.717) is 6.54 Å². The Kier molecular flexibility index (Phi) is 4.39. The SMILES string of the molecule is CC(NCc1ccc(OC(F)(F)F)cc1)c1nnc2ccccn12. The quantitative estimate of drug-likeness (QED) is 0.775. The van der Waals surface area contributed by atoms with Crippen molar-refractivity contribution in [2.75, 3.05) is 0 Å². The maximum atomic E-state index is 12.1. The fourth-order valence-corrected chi connectivity index (χ4v) is 2.33. The highest BCUT2D eigenvalue weighted by atomic mass is 19.4. The van der Waals surface area contributed by atoms with E-state index in [9.17, 15) is 13.2 Å². The van der Waals surface area contributed by atoms with Crippen LogP contribution in [0.15, 0.2) is 48.7 Å². The monoisotopic (exact) mass is 336 g/mol. The van der Waals surface area contributed by atoms with E-state index in [4.69, 9.17) is 0 Å². The molecule has 0 aliphatic rings. The molecule has 0 bridgehead atoms. The van der Waals surface area contributed by atoms with Gasteiger partial charge in [0, 0.05) is 12.7 Å². The molecule has 0 amide bonds. The van der Waals surface area contributed by atoms with Gasteiger partial charge in [0.15, 0.2) is 11.5 Å². The van der Waals surface area contributed by atoms with Crippen LogP contribution >= 0.6 is 0 Å². The van der Waals surface area contributed by atoms with Gasteiger partial charge in [-0.15, -0.1) is 23.4 Å². The fourth-order valence-electron chi connectivity index (χ4n) is 2.33. The molecule has 1 aromatic carbocycles. The molecule has 8 heteroatoms. The minimum atomic E-state index is -4.68. The van der Waals surface area contributed by atoms with Crippen LogP contribution in [0.2, 0.25) is 0 Å². The van der Waals surface area contributed by atoms with E-state index in [1.54, 1.807) is 12.1 Å². The number of rotatable bonds is 5. The molecule has 3 rings (SSSR count). The Morgan fingerprint density at radius 2 is 1.88 bits per heavy atom. The molecule has 24 heavy (non-hydrogen) atoms. The molecule has 0 saturated carbocycles. The zero-order chi connectivity index (χ0) is 17.2. The van der Waals surface area contributed by atoms with E-state index in [1.165, 1.54) is 12.1 Å². The predicted octanol–water partition coefficient (Wildman–Crippen LogP) is 3.48. The minimum absolute atomic E-state index is 0.0755. The highest BCUT2D eigenvalue weighted by Crippen LogP contribution is 2.23. The van der Waals surface area contributed by atoms with Crippen LogP contribution in [-0.2, 0) is 6.54 Å². The molecule has 1 unspecified atom stereocenters. The smallest absolute Gasteiger partial charge is 0.406 e. The third-order valence-corrected chi connectivity index (χ3v) is 3.50. The Labute approximate surface area is 136 Å². The first-order valence-corrected chi connectivity index (χ1v) is 7.30. The van der Waals surface area contributed by atoms with Crippen LogP contribution in [0, 0.1) is 0 Å². The Hall–Kier alpha value is -2.61. The van der Waals surface area contributed by atoms with Gasteiger partial charge in [-0.3, -0.25) is 4.40 Å². The van der Waals surface area contributed by atoms with Crippen LogP contribution in [0.1, 0.15) is 24.4 Å². The van der Waals surface area contributed by atoms with E-state index < -0.39 is 6.36 Å². The normalized spacial score (nSPS) is 13.2. The summed E-state index contributed by atoms with van der Waals surface area (Å²) in [6.07, 6.45) is -2.80. The first-order chi connectivity index (χ1) is 11.4. The van der Waals surface area contributed by atoms with Crippen molar-refractivity contribution in [3.63, 3.8) is 0 Å². The number of nitrogens with zero attached hydrogens (tertiary/aromatic N) is 3. The summed E-state index contributed by atoms with van der Waals surface area (Å²) in [5, 5.41) is 11.5. The summed E-state index contributed by atoms with van der Waals surface area (Å²) in [4.78, 5) is 0. The van der Waals surface area contributed by atoms with Crippen molar-refractivity contribution in [3.05, 3.63) is 60.0 Å². The zero-order valence-electron chi connectivity index (χ0n) is 12.8. The van der Waals surface area contributed by atoms with Gasteiger partial charge >= 0.3 is 6.36 Å². The van der Waals surface area contributed by atoms with Gasteiger partial charge in [0.1, 0.15) is 5.75 Å². The summed E-state index contributed by atoms with van der Waals surface area (Å²) in [7, 11) is 0. The third kappa shape index (κ3) is 3.83. The van der Waals surface area contributed by atoms with Crippen LogP contribution in [-0.4, -0.2) is 21.0 Å². The molecule has 0 saturated heterocycles. The van der Waals surface area contributed by atoms with Crippen LogP contribution in [0.25, 0.3) is 5.65 Å². The lowest BCUT2D eigenvalue weighted by Gasteiger charge is -2.13. The van der Waals surface area contributed by atoms with Crippen LogP contribution in [0.5, 0.6) is 5.75 Å². The second-order valence-corrected chi connectivity index (χ2v) is 5.28. The predicted molar refractivity (Wildman–Crippen MR) is 81.4 cm³/mol. The van der Waals surface area contributed by atoms with E-state index in [0.717, 1.165) is 17.0 Å². The lowest BCUT2D eigenvalue weighted by atomic mass is 10.2. The number of halogens is 3. The van der Waals surface area contributed by atoms with Crippen LogP contribution in [0.4, 0.5) is 13.2 Å². The maximum Gasteiger partial charge on any atom is 0.573 e. The average Bonchev–Trinajstić information content (AvgIpc) is 2.96. The summed E-state index contributed by atoms with van der Waals surface area (Å²) in [6.45, 7) is 2.43. The number of alkyl halides is 3. The van der Waals surface area contributed by atoms with Gasteiger partial charge < -0.3 is 10.1 Å². The second-order valence-electron chi connectivity index (χ2n) is 5.28. The number of ether oxygens (including phenoxy) is 1. The molecule has 0 spiro atoms. The molecular formula is C16H15F3N4O. The minimum Gasteiger partial charge on any atom is -0.406 e. The molecule has 1 atom stereocenters. The van der Waals surface area contributed by atoms with E-state index in [1.807, 2.05) is 35.7 Å². The Morgan fingerprint density at radius 1 is 1.12 bits per heavy atom. The van der Waals surface area contributed by atoms with Gasteiger partial charge in [0.2, 0.25) is 0 Å². The van der Waals surface area contributed by atoms with E-state index in [-0.39, 0.29) is 11.8 Å². The summed E-state index contributed by atoms with van der Waals surface area (Å²) < 4.78 is 42.1. The van der Waals surface area contributed by atoms with Crippen molar-refractivity contribution in [3.8, 4) is 5.75 Å². The summed E-state index contributed by atoms with van der Waals surface area (Å²) in [6, 6.07) is 11.3. The first-order valence-electron chi connectivity index (χ1n) is 7.30. The highest BCUT2D eigenvalue weighted by Gasteiger charge is 2.30. The molecule has 0 aliphatic heterocycles. The number of nitrogens with one attached hydrogen (secondary N) is 1. The molecule has 1 N–H and O–H groups in total. The van der Waals surface area contributed by atoms with Gasteiger partial charge in [-0.2, -0.15) is 0 Å². The zero-order valence-corrected chi connectivity index (χ0v) is 12.8. The van der Waals surface area contributed by atoms with Crippen molar-refractivity contribution in [1.82, 2.24) is 19.9 Å². The number of fused-ring (bicyclic) bond motifs is 1. The largest absolute Gasteiger partial charge is 0.573 e. The number of pyridine rings is 1. The van der Waals surface area contributed by atoms with Crippen molar-refractivity contribution in [2.24, 2.45) is 0 Å². The van der Waals surface area contributed by atoms with Gasteiger partial charge in [-0.1, -0.05) is 18.2 Å². The Bertz CT molecular complexity index is 814. The molecule has 2 heterocycles. The molecule has 5 nitrogen and oxygen atoms in total. The topological polar surface area (TPSA) is 51.5 Å². The highest BCUT2D eigenvalue weighted by molar-refractivity contribution is 5.37. The van der Waals surface area contributed by atoms with E-state index in [2.05, 4.69) is 20.3 Å². The van der Waals surface area contributed by atoms with Crippen molar-refractivity contribution in [1.29, 1.82) is 0 Å². The number of hydrogen-bond acceptors (Lipinski definition) is 4. The standard InChI is InChI=1S/C16H15F3N4O/c1-11(15-22-21-14-4-2-3-9-23(14)15)20-10-12-5-7-13(8-6-12)24-16(17,18)19/h2-9,11,20H,10H2,1H3. The molecular weight excluding hydrogens is 321 g/mol. The molecule has 0 aliphatic carbocycles. The van der Waals surface area contributed by atoms with Gasteiger partial charge in [0.25, 0.3) is 0 Å². The number of aromatic nitrogens is 3. The summed E-state index contributed by atoms with van der Waals surface area (Å²) in [5.74, 6) is 0.533. The maximum absolute atomic E-state index is 12.1. The molecule has 0 fully saturated rings. The number of hydrogen-bond donors (Lipinski definition) is 1. The third-order valence-electron chi connectivity index (χ3n) is 3.50. The lowest BCUT2D eigenvalue weighted by molar-refractivity contribution is -0.274.